The Morgan fingerprint density at radius 3 is 2.81 bits per heavy atom. The number of rotatable bonds is 10. The number of amides is 1. The highest BCUT2D eigenvalue weighted by Crippen LogP contribution is 2.22. The van der Waals surface area contributed by atoms with Crippen LogP contribution < -0.4 is 10.1 Å². The van der Waals surface area contributed by atoms with Crippen molar-refractivity contribution in [2.75, 3.05) is 25.5 Å². The summed E-state index contributed by atoms with van der Waals surface area (Å²) in [6.07, 6.45) is 1.71. The van der Waals surface area contributed by atoms with Crippen molar-refractivity contribution in [3.8, 4) is 5.75 Å². The van der Waals surface area contributed by atoms with E-state index in [1.54, 1.807) is 7.11 Å². The molecule has 0 radical (unpaired) electrons. The second-order valence-corrected chi connectivity index (χ2v) is 6.66. The zero-order valence-corrected chi connectivity index (χ0v) is 16.0. The van der Waals surface area contributed by atoms with Gasteiger partial charge in [0.15, 0.2) is 5.82 Å². The summed E-state index contributed by atoms with van der Waals surface area (Å²) < 4.78 is 10.6. The third-order valence-electron chi connectivity index (χ3n) is 3.75. The molecule has 2 rings (SSSR count). The molecule has 1 aromatic heterocycles. The van der Waals surface area contributed by atoms with E-state index in [-0.39, 0.29) is 12.5 Å². The molecule has 7 heteroatoms. The Morgan fingerprint density at radius 1 is 1.35 bits per heavy atom. The van der Waals surface area contributed by atoms with Crippen LogP contribution in [0.3, 0.4) is 0 Å². The van der Waals surface area contributed by atoms with Gasteiger partial charge in [0.05, 0.1) is 25.9 Å². The summed E-state index contributed by atoms with van der Waals surface area (Å²) in [5.41, 5.74) is 0.661. The first kappa shape index (κ1) is 19.9. The number of ether oxygens (including phenoxy) is 1. The average molecular weight is 360 g/mol. The number of benzene rings is 1. The zero-order chi connectivity index (χ0) is 18.9. The van der Waals surface area contributed by atoms with Gasteiger partial charge in [0.1, 0.15) is 5.75 Å². The zero-order valence-electron chi connectivity index (χ0n) is 16.0. The molecule has 0 spiro atoms. The van der Waals surface area contributed by atoms with Crippen molar-refractivity contribution in [2.24, 2.45) is 5.92 Å². The molecule has 2 aromatic rings. The molecule has 7 nitrogen and oxygen atoms in total. The van der Waals surface area contributed by atoms with E-state index in [9.17, 15) is 4.79 Å². The van der Waals surface area contributed by atoms with Gasteiger partial charge in [0.2, 0.25) is 11.8 Å². The molecule has 26 heavy (non-hydrogen) atoms. The molecular weight excluding hydrogens is 332 g/mol. The Labute approximate surface area is 154 Å². The predicted octanol–water partition coefficient (Wildman–Crippen LogP) is 3.13. The van der Waals surface area contributed by atoms with Crippen LogP contribution >= 0.6 is 0 Å². The summed E-state index contributed by atoms with van der Waals surface area (Å²) in [6, 6.07) is 7.35. The fourth-order valence-corrected chi connectivity index (χ4v) is 2.66. The van der Waals surface area contributed by atoms with Crippen LogP contribution in [0.2, 0.25) is 0 Å². The summed E-state index contributed by atoms with van der Waals surface area (Å²) in [5.74, 6) is 2.26. The molecule has 142 valence electrons. The van der Waals surface area contributed by atoms with E-state index < -0.39 is 0 Å². The maximum atomic E-state index is 12.4. The van der Waals surface area contributed by atoms with Crippen LogP contribution in [-0.2, 0) is 17.8 Å². The first-order chi connectivity index (χ1) is 12.5. The maximum absolute atomic E-state index is 12.4. The molecule has 1 amide bonds. The summed E-state index contributed by atoms with van der Waals surface area (Å²) in [5, 5.41) is 6.90. The second kappa shape index (κ2) is 9.91. The van der Waals surface area contributed by atoms with Gasteiger partial charge in [0.25, 0.3) is 0 Å². The van der Waals surface area contributed by atoms with Gasteiger partial charge in [-0.3, -0.25) is 9.69 Å². The highest BCUT2D eigenvalue weighted by molar-refractivity contribution is 5.93. The second-order valence-electron chi connectivity index (χ2n) is 6.66. The molecule has 0 atom stereocenters. The van der Waals surface area contributed by atoms with E-state index in [0.717, 1.165) is 19.4 Å². The molecule has 0 aliphatic rings. The lowest BCUT2D eigenvalue weighted by Crippen LogP contribution is -2.33. The van der Waals surface area contributed by atoms with E-state index >= 15 is 0 Å². The number of methoxy groups -OCH3 is 1. The van der Waals surface area contributed by atoms with E-state index in [1.807, 2.05) is 29.2 Å². The van der Waals surface area contributed by atoms with Crippen molar-refractivity contribution in [3.05, 3.63) is 36.0 Å². The lowest BCUT2D eigenvalue weighted by molar-refractivity contribution is -0.117. The third kappa shape index (κ3) is 6.15. The molecule has 1 heterocycles. The van der Waals surface area contributed by atoms with Gasteiger partial charge in [0, 0.05) is 6.42 Å². The lowest BCUT2D eigenvalue weighted by atomic mass is 10.1. The molecule has 0 saturated carbocycles. The first-order valence-corrected chi connectivity index (χ1v) is 8.98. The van der Waals surface area contributed by atoms with E-state index in [0.29, 0.717) is 35.6 Å². The minimum Gasteiger partial charge on any atom is -0.495 e. The minimum atomic E-state index is -0.107. The summed E-state index contributed by atoms with van der Waals surface area (Å²) >= 11 is 0. The molecule has 0 bridgehead atoms. The number of carbonyl (C=O) groups is 1. The molecular formula is C19H28N4O3. The third-order valence-corrected chi connectivity index (χ3v) is 3.75. The number of nitrogens with one attached hydrogen (secondary N) is 1. The number of para-hydroxylation sites is 2. The van der Waals surface area contributed by atoms with Crippen molar-refractivity contribution in [1.29, 1.82) is 0 Å². The quantitative estimate of drug-likeness (QED) is 0.701. The normalized spacial score (nSPS) is 11.2. The van der Waals surface area contributed by atoms with Crippen LogP contribution in [0.5, 0.6) is 5.75 Å². The van der Waals surface area contributed by atoms with Crippen molar-refractivity contribution in [3.63, 3.8) is 0 Å². The first-order valence-electron chi connectivity index (χ1n) is 8.98. The van der Waals surface area contributed by atoms with Crippen LogP contribution in [0.1, 0.15) is 38.9 Å². The molecule has 0 fully saturated rings. The molecule has 1 aromatic carbocycles. The van der Waals surface area contributed by atoms with Crippen molar-refractivity contribution in [1.82, 2.24) is 15.0 Å². The van der Waals surface area contributed by atoms with Crippen LogP contribution in [-0.4, -0.2) is 41.1 Å². The van der Waals surface area contributed by atoms with E-state index in [1.165, 1.54) is 0 Å². The lowest BCUT2D eigenvalue weighted by Gasteiger charge is -2.19. The highest BCUT2D eigenvalue weighted by Gasteiger charge is 2.16. The minimum absolute atomic E-state index is 0.107. The van der Waals surface area contributed by atoms with Gasteiger partial charge in [-0.25, -0.2) is 0 Å². The van der Waals surface area contributed by atoms with E-state index in [2.05, 4.69) is 36.2 Å². The number of aromatic nitrogens is 2. The fourth-order valence-electron chi connectivity index (χ4n) is 2.66. The Bertz CT molecular complexity index is 700. The monoisotopic (exact) mass is 360 g/mol. The largest absolute Gasteiger partial charge is 0.495 e. The standard InChI is InChI=1S/C19H28N4O3/c1-5-10-23(13-19-21-17(22-26-19)11-14(2)3)12-18(24)20-15-8-6-7-9-16(15)25-4/h6-9,14H,5,10-13H2,1-4H3,(H,20,24). The molecule has 0 aliphatic carbocycles. The van der Waals surface area contributed by atoms with Gasteiger partial charge < -0.3 is 14.6 Å². The van der Waals surface area contributed by atoms with Gasteiger partial charge in [-0.15, -0.1) is 0 Å². The SMILES string of the molecule is CCCN(CC(=O)Nc1ccccc1OC)Cc1nc(CC(C)C)no1. The number of anilines is 1. The predicted molar refractivity (Wildman–Crippen MR) is 100 cm³/mol. The molecule has 0 saturated heterocycles. The Kier molecular flexibility index (Phi) is 7.59. The van der Waals surface area contributed by atoms with Crippen molar-refractivity contribution in [2.45, 2.75) is 40.2 Å². The summed E-state index contributed by atoms with van der Waals surface area (Å²) in [7, 11) is 1.58. The Hall–Kier alpha value is -2.41. The van der Waals surface area contributed by atoms with Crippen molar-refractivity contribution < 1.29 is 14.1 Å². The number of hydrogen-bond acceptors (Lipinski definition) is 6. The van der Waals surface area contributed by atoms with Gasteiger partial charge in [-0.05, 0) is 31.0 Å². The van der Waals surface area contributed by atoms with Gasteiger partial charge in [-0.1, -0.05) is 38.1 Å². The average Bonchev–Trinajstić information content (AvgIpc) is 3.01. The number of hydrogen-bond donors (Lipinski definition) is 1. The molecule has 0 unspecified atom stereocenters. The van der Waals surface area contributed by atoms with Crippen LogP contribution in [0.4, 0.5) is 5.69 Å². The highest BCUT2D eigenvalue weighted by atomic mass is 16.5. The van der Waals surface area contributed by atoms with Crippen molar-refractivity contribution >= 4 is 11.6 Å². The summed E-state index contributed by atoms with van der Waals surface area (Å²) in [4.78, 5) is 18.8. The smallest absolute Gasteiger partial charge is 0.240 e. The number of carbonyl (C=O) groups excluding carboxylic acids is 1. The van der Waals surface area contributed by atoms with E-state index in [4.69, 9.17) is 9.26 Å². The van der Waals surface area contributed by atoms with Crippen LogP contribution in [0.25, 0.3) is 0 Å². The molecule has 1 N–H and O–H groups in total. The maximum Gasteiger partial charge on any atom is 0.240 e. The van der Waals surface area contributed by atoms with Crippen LogP contribution in [0, 0.1) is 5.92 Å². The van der Waals surface area contributed by atoms with Gasteiger partial charge in [-0.2, -0.15) is 4.98 Å². The number of nitrogens with zero attached hydrogens (tertiary/aromatic N) is 3. The molecule has 0 aliphatic heterocycles. The Morgan fingerprint density at radius 2 is 2.12 bits per heavy atom. The topological polar surface area (TPSA) is 80.5 Å². The summed E-state index contributed by atoms with van der Waals surface area (Å²) in [6.45, 7) is 7.76. The van der Waals surface area contributed by atoms with Gasteiger partial charge >= 0.3 is 0 Å². The Balaban J connectivity index is 1.96. The van der Waals surface area contributed by atoms with Crippen LogP contribution in [0.15, 0.2) is 28.8 Å². The fraction of sp³-hybridized carbons (Fsp3) is 0.526.